The van der Waals surface area contributed by atoms with E-state index >= 15 is 0 Å². The van der Waals surface area contributed by atoms with E-state index < -0.39 is 11.9 Å². The smallest absolute Gasteiger partial charge is 0.308 e. The summed E-state index contributed by atoms with van der Waals surface area (Å²) in [4.78, 5) is 34.1. The number of hydrogen-bond acceptors (Lipinski definition) is 7. The Morgan fingerprint density at radius 3 is 2.54 bits per heavy atom. The van der Waals surface area contributed by atoms with Crippen molar-refractivity contribution in [3.8, 4) is 17.2 Å². The van der Waals surface area contributed by atoms with Crippen LogP contribution < -0.4 is 19.5 Å². The topological polar surface area (TPSA) is 99.1 Å². The first kappa shape index (κ1) is 26.4. The number of carbonyl (C=O) groups is 2. The van der Waals surface area contributed by atoms with Gasteiger partial charge in [0.15, 0.2) is 17.2 Å². The van der Waals surface area contributed by atoms with Gasteiger partial charge in [-0.1, -0.05) is 6.07 Å². The number of nitrogens with one attached hydrogen (secondary N) is 1. The van der Waals surface area contributed by atoms with Gasteiger partial charge in [-0.05, 0) is 83.0 Å². The molecule has 39 heavy (non-hydrogen) atoms. The van der Waals surface area contributed by atoms with Crippen LogP contribution >= 0.6 is 0 Å². The third kappa shape index (κ3) is 5.37. The average Bonchev–Trinajstić information content (AvgIpc) is 3.19. The van der Waals surface area contributed by atoms with Gasteiger partial charge in [-0.15, -0.1) is 0 Å². The maximum atomic E-state index is 13.0. The van der Waals surface area contributed by atoms with Crippen molar-refractivity contribution >= 4 is 23.3 Å². The van der Waals surface area contributed by atoms with Crippen LogP contribution in [0.4, 0.5) is 5.69 Å². The standard InChI is InChI=1S/C31H33N3O5/c1-7-37-25-15-20-16-30(3,4)34-27(26(20)21-17-31(5,6)39-28(21)25)19-11-12-24(38-18(2)35)23(14-19)33-29(36)22-10-8-9-13-32-22/h8-15H,7,16-17H2,1-6H3,(H,33,36). The number of fused-ring (bicyclic) bond motifs is 3. The van der Waals surface area contributed by atoms with E-state index in [2.05, 4.69) is 44.1 Å². The summed E-state index contributed by atoms with van der Waals surface area (Å²) in [6.45, 7) is 12.2. The zero-order chi connectivity index (χ0) is 27.9. The van der Waals surface area contributed by atoms with Gasteiger partial charge in [0.2, 0.25) is 0 Å². The largest absolute Gasteiger partial charge is 0.490 e. The molecule has 1 amide bonds. The fourth-order valence-electron chi connectivity index (χ4n) is 5.24. The molecular weight excluding hydrogens is 494 g/mol. The molecule has 8 heteroatoms. The fourth-order valence-corrected chi connectivity index (χ4v) is 5.24. The summed E-state index contributed by atoms with van der Waals surface area (Å²) in [5, 5.41) is 2.87. The number of benzene rings is 2. The van der Waals surface area contributed by atoms with Crippen molar-refractivity contribution in [2.24, 2.45) is 4.99 Å². The Morgan fingerprint density at radius 1 is 1.05 bits per heavy atom. The van der Waals surface area contributed by atoms with E-state index in [1.165, 1.54) is 6.92 Å². The van der Waals surface area contributed by atoms with Gasteiger partial charge in [-0.3, -0.25) is 19.6 Å². The molecule has 0 bridgehead atoms. The van der Waals surface area contributed by atoms with Crippen LogP contribution in [0.15, 0.2) is 53.7 Å². The van der Waals surface area contributed by atoms with Gasteiger partial charge in [-0.25, -0.2) is 0 Å². The third-order valence-electron chi connectivity index (χ3n) is 6.63. The Hall–Kier alpha value is -4.20. The molecule has 0 saturated carbocycles. The second-order valence-electron chi connectivity index (χ2n) is 11.1. The summed E-state index contributed by atoms with van der Waals surface area (Å²) in [6.07, 6.45) is 3.00. The number of nitrogens with zero attached hydrogens (tertiary/aromatic N) is 2. The molecule has 5 rings (SSSR count). The maximum Gasteiger partial charge on any atom is 0.308 e. The summed E-state index contributed by atoms with van der Waals surface area (Å²) in [7, 11) is 0. The van der Waals surface area contributed by atoms with Crippen molar-refractivity contribution in [3.05, 3.63) is 76.6 Å². The molecule has 2 aliphatic rings. The highest BCUT2D eigenvalue weighted by molar-refractivity contribution is 6.17. The molecule has 3 heterocycles. The van der Waals surface area contributed by atoms with Crippen LogP contribution in [0.2, 0.25) is 0 Å². The molecule has 0 saturated heterocycles. The Labute approximate surface area is 228 Å². The summed E-state index contributed by atoms with van der Waals surface area (Å²) >= 11 is 0. The number of rotatable bonds is 6. The third-order valence-corrected chi connectivity index (χ3v) is 6.63. The molecule has 0 fully saturated rings. The maximum absolute atomic E-state index is 13.0. The van der Waals surface area contributed by atoms with Crippen LogP contribution in [0.3, 0.4) is 0 Å². The lowest BCUT2D eigenvalue weighted by Crippen LogP contribution is -2.30. The minimum Gasteiger partial charge on any atom is -0.490 e. The molecule has 202 valence electrons. The minimum absolute atomic E-state index is 0.243. The molecule has 0 spiro atoms. The number of aliphatic imine (C=N–C) groups is 1. The van der Waals surface area contributed by atoms with Crippen LogP contribution in [0.25, 0.3) is 0 Å². The normalized spacial score (nSPS) is 16.3. The summed E-state index contributed by atoms with van der Waals surface area (Å²) < 4.78 is 17.8. The number of hydrogen-bond donors (Lipinski definition) is 1. The number of amides is 1. The molecule has 3 aromatic rings. The molecule has 1 aromatic heterocycles. The highest BCUT2D eigenvalue weighted by atomic mass is 16.5. The Balaban J connectivity index is 1.65. The molecule has 0 atom stereocenters. The first-order chi connectivity index (χ1) is 18.5. The number of anilines is 1. The molecule has 1 N–H and O–H groups in total. The predicted octanol–water partition coefficient (Wildman–Crippen LogP) is 5.54. The van der Waals surface area contributed by atoms with Crippen molar-refractivity contribution < 1.29 is 23.8 Å². The van der Waals surface area contributed by atoms with Gasteiger partial charge in [0.05, 0.1) is 23.5 Å². The van der Waals surface area contributed by atoms with Gasteiger partial charge in [0.25, 0.3) is 5.91 Å². The van der Waals surface area contributed by atoms with Crippen molar-refractivity contribution in [1.29, 1.82) is 0 Å². The van der Waals surface area contributed by atoms with Gasteiger partial charge in [-0.2, -0.15) is 0 Å². The van der Waals surface area contributed by atoms with E-state index in [-0.39, 0.29) is 22.6 Å². The van der Waals surface area contributed by atoms with Crippen molar-refractivity contribution in [2.75, 3.05) is 11.9 Å². The molecule has 2 aliphatic heterocycles. The number of carbonyl (C=O) groups excluding carboxylic acids is 2. The van der Waals surface area contributed by atoms with E-state index in [9.17, 15) is 9.59 Å². The van der Waals surface area contributed by atoms with Crippen LogP contribution in [0, 0.1) is 0 Å². The van der Waals surface area contributed by atoms with Crippen LogP contribution in [-0.4, -0.2) is 40.3 Å². The van der Waals surface area contributed by atoms with Gasteiger partial charge < -0.3 is 19.5 Å². The first-order valence-corrected chi connectivity index (χ1v) is 13.1. The van der Waals surface area contributed by atoms with E-state index in [0.29, 0.717) is 18.7 Å². The van der Waals surface area contributed by atoms with E-state index in [0.717, 1.165) is 45.9 Å². The molecule has 0 aliphatic carbocycles. The van der Waals surface area contributed by atoms with Crippen molar-refractivity contribution in [2.45, 2.75) is 65.5 Å². The molecule has 8 nitrogen and oxygen atoms in total. The Kier molecular flexibility index (Phi) is 6.66. The molecular formula is C31H33N3O5. The van der Waals surface area contributed by atoms with Crippen LogP contribution in [0.5, 0.6) is 17.2 Å². The van der Waals surface area contributed by atoms with E-state index in [1.54, 1.807) is 36.5 Å². The average molecular weight is 528 g/mol. The predicted molar refractivity (Wildman–Crippen MR) is 149 cm³/mol. The van der Waals surface area contributed by atoms with Gasteiger partial charge >= 0.3 is 5.97 Å². The lowest BCUT2D eigenvalue weighted by atomic mass is 9.81. The van der Waals surface area contributed by atoms with Crippen molar-refractivity contribution in [1.82, 2.24) is 4.98 Å². The van der Waals surface area contributed by atoms with Gasteiger partial charge in [0.1, 0.15) is 11.3 Å². The first-order valence-electron chi connectivity index (χ1n) is 13.1. The Morgan fingerprint density at radius 2 is 1.85 bits per heavy atom. The van der Waals surface area contributed by atoms with Crippen LogP contribution in [0.1, 0.15) is 74.3 Å². The van der Waals surface area contributed by atoms with Crippen molar-refractivity contribution in [3.63, 3.8) is 0 Å². The lowest BCUT2D eigenvalue weighted by molar-refractivity contribution is -0.131. The highest BCUT2D eigenvalue weighted by Crippen LogP contribution is 2.48. The monoisotopic (exact) mass is 527 g/mol. The summed E-state index contributed by atoms with van der Waals surface area (Å²) in [5.74, 6) is 0.853. The quantitative estimate of drug-likeness (QED) is 0.334. The molecule has 2 aromatic carbocycles. The second kappa shape index (κ2) is 9.84. The highest BCUT2D eigenvalue weighted by Gasteiger charge is 2.40. The van der Waals surface area contributed by atoms with E-state index in [1.807, 2.05) is 13.0 Å². The summed E-state index contributed by atoms with van der Waals surface area (Å²) in [6, 6.07) is 12.5. The van der Waals surface area contributed by atoms with E-state index in [4.69, 9.17) is 19.2 Å². The van der Waals surface area contributed by atoms with Crippen LogP contribution in [-0.2, 0) is 17.6 Å². The van der Waals surface area contributed by atoms with Gasteiger partial charge in [0, 0.05) is 36.2 Å². The number of esters is 1. The zero-order valence-corrected chi connectivity index (χ0v) is 23.2. The Bertz CT molecular complexity index is 1490. The molecule has 0 radical (unpaired) electrons. The number of pyridine rings is 1. The molecule has 0 unspecified atom stereocenters. The SMILES string of the molecule is CCOc1cc2c(c3c1OC(C)(C)C3)C(c1ccc(OC(C)=O)c(NC(=O)c3ccccn3)c1)=NC(C)(C)C2. The number of aromatic nitrogens is 1. The zero-order valence-electron chi connectivity index (χ0n) is 23.2. The second-order valence-corrected chi connectivity index (χ2v) is 11.1. The minimum atomic E-state index is -0.488. The fraction of sp³-hybridized carbons (Fsp3) is 0.355. The lowest BCUT2D eigenvalue weighted by Gasteiger charge is -2.31. The summed E-state index contributed by atoms with van der Waals surface area (Å²) in [5.41, 5.74) is 4.65. The number of ether oxygens (including phenoxy) is 3.